The lowest BCUT2D eigenvalue weighted by Gasteiger charge is -2.23. The smallest absolute Gasteiger partial charge is 0.272 e. The average molecular weight is 391 g/mol. The van der Waals surface area contributed by atoms with Crippen LogP contribution in [0.15, 0.2) is 60.9 Å². The Morgan fingerprint density at radius 1 is 1.17 bits per heavy atom. The Balaban J connectivity index is 1.49. The van der Waals surface area contributed by atoms with Crippen LogP contribution in [0.2, 0.25) is 0 Å². The highest BCUT2D eigenvalue weighted by molar-refractivity contribution is 6.02. The third-order valence-corrected chi connectivity index (χ3v) is 4.79. The van der Waals surface area contributed by atoms with Crippen molar-refractivity contribution in [1.29, 1.82) is 0 Å². The Labute approximate surface area is 168 Å². The molecule has 3 heterocycles. The molecule has 1 N–H and O–H groups in total. The van der Waals surface area contributed by atoms with Crippen LogP contribution in [0.1, 0.15) is 23.0 Å². The highest BCUT2D eigenvalue weighted by Crippen LogP contribution is 2.29. The number of aromatic nitrogens is 3. The minimum atomic E-state index is -0.860. The molecule has 3 aromatic rings. The SMILES string of the molecule is C[C@H]1Oc2cccnc2N(C)C(=O)[C@H]1NC(=O)c1ccn(Cc2ccccc2)n1. The zero-order chi connectivity index (χ0) is 20.4. The van der Waals surface area contributed by atoms with Gasteiger partial charge in [0, 0.05) is 19.4 Å². The molecule has 1 aliphatic rings. The van der Waals surface area contributed by atoms with E-state index in [0.29, 0.717) is 18.1 Å². The van der Waals surface area contributed by atoms with E-state index in [2.05, 4.69) is 15.4 Å². The van der Waals surface area contributed by atoms with E-state index in [0.717, 1.165) is 5.56 Å². The summed E-state index contributed by atoms with van der Waals surface area (Å²) in [5.41, 5.74) is 1.32. The maximum Gasteiger partial charge on any atom is 0.272 e. The molecule has 4 rings (SSSR count). The summed E-state index contributed by atoms with van der Waals surface area (Å²) in [5, 5.41) is 7.09. The van der Waals surface area contributed by atoms with Crippen LogP contribution in [0.5, 0.6) is 5.75 Å². The highest BCUT2D eigenvalue weighted by atomic mass is 16.5. The van der Waals surface area contributed by atoms with E-state index >= 15 is 0 Å². The fourth-order valence-electron chi connectivity index (χ4n) is 3.24. The number of hydrogen-bond donors (Lipinski definition) is 1. The molecule has 1 aliphatic heterocycles. The van der Waals surface area contributed by atoms with Gasteiger partial charge in [0.25, 0.3) is 11.8 Å². The lowest BCUT2D eigenvalue weighted by atomic mass is 10.1. The molecule has 29 heavy (non-hydrogen) atoms. The third-order valence-electron chi connectivity index (χ3n) is 4.79. The van der Waals surface area contributed by atoms with Crippen LogP contribution < -0.4 is 15.0 Å². The molecule has 0 saturated heterocycles. The molecule has 8 heteroatoms. The molecule has 1 aromatic carbocycles. The Kier molecular flexibility index (Phi) is 4.99. The van der Waals surface area contributed by atoms with Crippen LogP contribution in [0, 0.1) is 0 Å². The lowest BCUT2D eigenvalue weighted by Crippen LogP contribution is -2.53. The minimum Gasteiger partial charge on any atom is -0.484 e. The number of hydrogen-bond acceptors (Lipinski definition) is 5. The first-order chi connectivity index (χ1) is 14.0. The van der Waals surface area contributed by atoms with Crippen molar-refractivity contribution in [2.75, 3.05) is 11.9 Å². The molecule has 0 unspecified atom stereocenters. The molecule has 148 valence electrons. The van der Waals surface area contributed by atoms with Crippen molar-refractivity contribution in [2.24, 2.45) is 0 Å². The number of nitrogens with zero attached hydrogens (tertiary/aromatic N) is 4. The van der Waals surface area contributed by atoms with E-state index < -0.39 is 18.1 Å². The molecule has 8 nitrogen and oxygen atoms in total. The maximum atomic E-state index is 12.9. The number of carbonyl (C=O) groups excluding carboxylic acids is 2. The fourth-order valence-corrected chi connectivity index (χ4v) is 3.24. The maximum absolute atomic E-state index is 12.9. The van der Waals surface area contributed by atoms with Crippen LogP contribution in [-0.2, 0) is 11.3 Å². The van der Waals surface area contributed by atoms with Gasteiger partial charge < -0.3 is 10.1 Å². The number of benzene rings is 1. The number of ether oxygens (including phenoxy) is 1. The first-order valence-corrected chi connectivity index (χ1v) is 9.30. The first kappa shape index (κ1) is 18.7. The van der Waals surface area contributed by atoms with Gasteiger partial charge in [-0.3, -0.25) is 19.2 Å². The van der Waals surface area contributed by atoms with E-state index in [9.17, 15) is 9.59 Å². The van der Waals surface area contributed by atoms with E-state index in [-0.39, 0.29) is 11.6 Å². The number of carbonyl (C=O) groups is 2. The third kappa shape index (κ3) is 3.82. The van der Waals surface area contributed by atoms with Crippen LogP contribution in [0.4, 0.5) is 5.82 Å². The summed E-state index contributed by atoms with van der Waals surface area (Å²) in [7, 11) is 1.61. The summed E-state index contributed by atoms with van der Waals surface area (Å²) in [5.74, 6) is 0.193. The number of rotatable bonds is 4. The van der Waals surface area contributed by atoms with Crippen molar-refractivity contribution in [3.63, 3.8) is 0 Å². The van der Waals surface area contributed by atoms with Gasteiger partial charge in [-0.05, 0) is 30.7 Å². The fraction of sp³-hybridized carbons (Fsp3) is 0.238. The first-order valence-electron chi connectivity index (χ1n) is 9.30. The van der Waals surface area contributed by atoms with Crippen LogP contribution >= 0.6 is 0 Å². The largest absolute Gasteiger partial charge is 0.484 e. The summed E-state index contributed by atoms with van der Waals surface area (Å²) in [6.07, 6.45) is 2.77. The van der Waals surface area contributed by atoms with Crippen LogP contribution in [0.25, 0.3) is 0 Å². The second-order valence-electron chi connectivity index (χ2n) is 6.88. The predicted molar refractivity (Wildman–Crippen MR) is 107 cm³/mol. The van der Waals surface area contributed by atoms with Gasteiger partial charge in [-0.2, -0.15) is 5.10 Å². The van der Waals surface area contributed by atoms with Gasteiger partial charge >= 0.3 is 0 Å². The Hall–Kier alpha value is -3.68. The number of likely N-dealkylation sites (N-methyl/N-ethyl adjacent to an activating group) is 1. The van der Waals surface area contributed by atoms with E-state index in [4.69, 9.17) is 4.74 Å². The molecular formula is C21H21N5O3. The molecule has 0 saturated carbocycles. The molecule has 0 bridgehead atoms. The predicted octanol–water partition coefficient (Wildman–Crippen LogP) is 1.87. The quantitative estimate of drug-likeness (QED) is 0.733. The molecule has 2 amide bonds. The highest BCUT2D eigenvalue weighted by Gasteiger charge is 2.36. The minimum absolute atomic E-state index is 0.239. The van der Waals surface area contributed by atoms with Gasteiger partial charge in [0.15, 0.2) is 11.6 Å². The van der Waals surface area contributed by atoms with Crippen molar-refractivity contribution >= 4 is 17.6 Å². The second kappa shape index (κ2) is 7.75. The number of nitrogens with one attached hydrogen (secondary N) is 1. The van der Waals surface area contributed by atoms with E-state index in [1.165, 1.54) is 4.90 Å². The van der Waals surface area contributed by atoms with Crippen molar-refractivity contribution in [3.05, 3.63) is 72.2 Å². The van der Waals surface area contributed by atoms with Crippen molar-refractivity contribution < 1.29 is 14.3 Å². The second-order valence-corrected chi connectivity index (χ2v) is 6.88. The standard InChI is InChI=1S/C21H21N5O3/c1-14-18(21(28)25(2)19-17(29-14)9-6-11-22-19)23-20(27)16-10-12-26(24-16)13-15-7-4-3-5-8-15/h3-12,14,18H,13H2,1-2H3,(H,23,27)/t14-,18+/m1/s1. The number of amides is 2. The zero-order valence-electron chi connectivity index (χ0n) is 16.1. The van der Waals surface area contributed by atoms with Gasteiger partial charge in [0.2, 0.25) is 0 Å². The topological polar surface area (TPSA) is 89.4 Å². The monoisotopic (exact) mass is 391 g/mol. The Morgan fingerprint density at radius 3 is 2.76 bits per heavy atom. The molecule has 2 atom stereocenters. The molecule has 0 spiro atoms. The van der Waals surface area contributed by atoms with Crippen LogP contribution in [-0.4, -0.2) is 45.8 Å². The molecule has 0 fully saturated rings. The number of pyridine rings is 1. The van der Waals surface area contributed by atoms with Gasteiger partial charge in [-0.1, -0.05) is 30.3 Å². The van der Waals surface area contributed by atoms with Crippen molar-refractivity contribution in [1.82, 2.24) is 20.1 Å². The van der Waals surface area contributed by atoms with Gasteiger partial charge in [-0.25, -0.2) is 4.98 Å². The molecule has 0 radical (unpaired) electrons. The van der Waals surface area contributed by atoms with Crippen molar-refractivity contribution in [2.45, 2.75) is 25.6 Å². The number of fused-ring (bicyclic) bond motifs is 1. The average Bonchev–Trinajstić information content (AvgIpc) is 3.17. The zero-order valence-corrected chi connectivity index (χ0v) is 16.1. The summed E-state index contributed by atoms with van der Waals surface area (Å²) >= 11 is 0. The van der Waals surface area contributed by atoms with Crippen LogP contribution in [0.3, 0.4) is 0 Å². The number of anilines is 1. The lowest BCUT2D eigenvalue weighted by molar-refractivity contribution is -0.121. The van der Waals surface area contributed by atoms with E-state index in [1.54, 1.807) is 49.2 Å². The Bertz CT molecular complexity index is 1030. The molecule has 2 aromatic heterocycles. The normalized spacial score (nSPS) is 18.6. The van der Waals surface area contributed by atoms with Gasteiger partial charge in [-0.15, -0.1) is 0 Å². The van der Waals surface area contributed by atoms with Gasteiger partial charge in [0.05, 0.1) is 6.54 Å². The summed E-state index contributed by atoms with van der Waals surface area (Å²) in [6.45, 7) is 2.30. The summed E-state index contributed by atoms with van der Waals surface area (Å²) in [4.78, 5) is 31.2. The van der Waals surface area contributed by atoms with Gasteiger partial charge in [0.1, 0.15) is 17.8 Å². The van der Waals surface area contributed by atoms with E-state index in [1.807, 2.05) is 30.3 Å². The molecular weight excluding hydrogens is 370 g/mol. The summed E-state index contributed by atoms with van der Waals surface area (Å²) < 4.78 is 7.55. The summed E-state index contributed by atoms with van der Waals surface area (Å²) in [6, 6.07) is 14.1. The van der Waals surface area contributed by atoms with Crippen molar-refractivity contribution in [3.8, 4) is 5.75 Å². The molecule has 0 aliphatic carbocycles. The Morgan fingerprint density at radius 2 is 1.97 bits per heavy atom.